The molecule has 3 nitrogen and oxygen atoms in total. The molecule has 5 heteroatoms. The van der Waals surface area contributed by atoms with Crippen LogP contribution in [0.4, 0.5) is 0 Å². The van der Waals surface area contributed by atoms with Crippen molar-refractivity contribution in [1.82, 2.24) is 10.2 Å². The van der Waals surface area contributed by atoms with Gasteiger partial charge in [-0.05, 0) is 39.7 Å². The van der Waals surface area contributed by atoms with Crippen LogP contribution in [-0.4, -0.2) is 10.2 Å². The third kappa shape index (κ3) is 2.80. The van der Waals surface area contributed by atoms with Gasteiger partial charge in [0.25, 0.3) is 5.56 Å². The number of H-pyrrole nitrogens is 1. The number of hydrogen-bond acceptors (Lipinski definition) is 2. The summed E-state index contributed by atoms with van der Waals surface area (Å²) < 4.78 is 1.56. The van der Waals surface area contributed by atoms with Gasteiger partial charge < -0.3 is 0 Å². The summed E-state index contributed by atoms with van der Waals surface area (Å²) in [7, 11) is 0. The molecular formula is C11H8Br2N2O. The lowest BCUT2D eigenvalue weighted by atomic mass is 10.1. The van der Waals surface area contributed by atoms with Gasteiger partial charge in [0.2, 0.25) is 0 Å². The number of benzene rings is 1. The second-order valence-corrected chi connectivity index (χ2v) is 5.11. The highest BCUT2D eigenvalue weighted by atomic mass is 79.9. The topological polar surface area (TPSA) is 45.8 Å². The van der Waals surface area contributed by atoms with E-state index in [4.69, 9.17) is 0 Å². The van der Waals surface area contributed by atoms with Gasteiger partial charge in [-0.1, -0.05) is 28.1 Å². The summed E-state index contributed by atoms with van der Waals surface area (Å²) in [6.45, 7) is 0. The van der Waals surface area contributed by atoms with Crippen molar-refractivity contribution in [3.05, 3.63) is 60.9 Å². The predicted molar refractivity (Wildman–Crippen MR) is 69.5 cm³/mol. The fraction of sp³-hybridized carbons (Fsp3) is 0.0909. The molecule has 0 aliphatic carbocycles. The third-order valence-corrected chi connectivity index (χ3v) is 3.23. The van der Waals surface area contributed by atoms with Crippen LogP contribution in [-0.2, 0) is 6.42 Å². The molecule has 2 rings (SSSR count). The van der Waals surface area contributed by atoms with Crippen molar-refractivity contribution in [2.45, 2.75) is 6.42 Å². The van der Waals surface area contributed by atoms with Crippen molar-refractivity contribution in [2.75, 3.05) is 0 Å². The maximum absolute atomic E-state index is 11.1. The van der Waals surface area contributed by atoms with Crippen LogP contribution in [0.5, 0.6) is 0 Å². The van der Waals surface area contributed by atoms with E-state index in [-0.39, 0.29) is 5.56 Å². The first-order valence-electron chi connectivity index (χ1n) is 4.64. The standard InChI is InChI=1S/C11H8Br2N2O/c12-8-3-1-7(2-4-8)5-9-6-10(13)11(16)15-14-9/h1-4,6H,5H2,(H,15,16). The number of aromatic nitrogens is 2. The van der Waals surface area contributed by atoms with Crippen LogP contribution in [0.3, 0.4) is 0 Å². The van der Waals surface area contributed by atoms with Crippen LogP contribution in [0, 0.1) is 0 Å². The molecule has 1 N–H and O–H groups in total. The van der Waals surface area contributed by atoms with Gasteiger partial charge in [0.15, 0.2) is 0 Å². The highest BCUT2D eigenvalue weighted by Crippen LogP contribution is 2.13. The van der Waals surface area contributed by atoms with Crippen molar-refractivity contribution in [3.63, 3.8) is 0 Å². The molecule has 0 radical (unpaired) electrons. The third-order valence-electron chi connectivity index (χ3n) is 2.11. The number of nitrogens with zero attached hydrogens (tertiary/aromatic N) is 1. The first-order valence-corrected chi connectivity index (χ1v) is 6.22. The molecule has 0 saturated carbocycles. The fourth-order valence-electron chi connectivity index (χ4n) is 1.32. The van der Waals surface area contributed by atoms with Crippen LogP contribution in [0.25, 0.3) is 0 Å². The van der Waals surface area contributed by atoms with Gasteiger partial charge in [-0.15, -0.1) is 0 Å². The van der Waals surface area contributed by atoms with Crippen LogP contribution in [0.2, 0.25) is 0 Å². The van der Waals surface area contributed by atoms with E-state index in [0.29, 0.717) is 10.9 Å². The monoisotopic (exact) mass is 342 g/mol. The van der Waals surface area contributed by atoms with Gasteiger partial charge in [-0.2, -0.15) is 5.10 Å². The molecule has 1 heterocycles. The summed E-state index contributed by atoms with van der Waals surface area (Å²) in [4.78, 5) is 11.1. The molecule has 1 aromatic heterocycles. The van der Waals surface area contributed by atoms with E-state index in [1.54, 1.807) is 6.07 Å². The maximum atomic E-state index is 11.1. The average Bonchev–Trinajstić information content (AvgIpc) is 2.27. The van der Waals surface area contributed by atoms with Crippen LogP contribution < -0.4 is 5.56 Å². The molecule has 0 aliphatic heterocycles. The summed E-state index contributed by atoms with van der Waals surface area (Å²) in [5.74, 6) is 0. The van der Waals surface area contributed by atoms with Crippen molar-refractivity contribution in [2.24, 2.45) is 0 Å². The molecule has 0 unspecified atom stereocenters. The molecule has 0 spiro atoms. The molecule has 1 aromatic carbocycles. The lowest BCUT2D eigenvalue weighted by molar-refractivity contribution is 0.903. The zero-order valence-corrected chi connectivity index (χ0v) is 11.4. The van der Waals surface area contributed by atoms with Gasteiger partial charge in [0, 0.05) is 10.9 Å². The number of aromatic amines is 1. The Labute approximate surface area is 109 Å². The van der Waals surface area contributed by atoms with Gasteiger partial charge in [-0.25, -0.2) is 5.10 Å². The Morgan fingerprint density at radius 2 is 1.88 bits per heavy atom. The first kappa shape index (κ1) is 11.5. The molecular weight excluding hydrogens is 336 g/mol. The number of halogens is 2. The van der Waals surface area contributed by atoms with E-state index in [9.17, 15) is 4.79 Å². The van der Waals surface area contributed by atoms with E-state index < -0.39 is 0 Å². The number of rotatable bonds is 2. The van der Waals surface area contributed by atoms with Crippen molar-refractivity contribution in [1.29, 1.82) is 0 Å². The summed E-state index contributed by atoms with van der Waals surface area (Å²) in [6, 6.07) is 9.74. The molecule has 82 valence electrons. The van der Waals surface area contributed by atoms with Gasteiger partial charge in [-0.3, -0.25) is 4.79 Å². The van der Waals surface area contributed by atoms with E-state index in [1.165, 1.54) is 0 Å². The second kappa shape index (κ2) is 4.93. The van der Waals surface area contributed by atoms with Crippen LogP contribution in [0.1, 0.15) is 11.3 Å². The molecule has 16 heavy (non-hydrogen) atoms. The minimum absolute atomic E-state index is 0.209. The average molecular weight is 344 g/mol. The van der Waals surface area contributed by atoms with Crippen molar-refractivity contribution in [3.8, 4) is 0 Å². The van der Waals surface area contributed by atoms with Crippen LogP contribution in [0.15, 0.2) is 44.1 Å². The Balaban J connectivity index is 2.23. The minimum Gasteiger partial charge on any atom is -0.267 e. The Morgan fingerprint density at radius 3 is 2.50 bits per heavy atom. The van der Waals surface area contributed by atoms with Gasteiger partial charge >= 0.3 is 0 Å². The predicted octanol–water partition coefficient (Wildman–Crippen LogP) is 2.89. The molecule has 0 aliphatic rings. The van der Waals surface area contributed by atoms with E-state index in [1.807, 2.05) is 24.3 Å². The highest BCUT2D eigenvalue weighted by molar-refractivity contribution is 9.10. The summed E-state index contributed by atoms with van der Waals surface area (Å²) >= 11 is 6.56. The lowest BCUT2D eigenvalue weighted by Crippen LogP contribution is -2.10. The number of nitrogens with one attached hydrogen (secondary N) is 1. The van der Waals surface area contributed by atoms with E-state index >= 15 is 0 Å². The molecule has 0 amide bonds. The van der Waals surface area contributed by atoms with E-state index in [2.05, 4.69) is 42.1 Å². The second-order valence-electron chi connectivity index (χ2n) is 3.34. The molecule has 0 atom stereocenters. The largest absolute Gasteiger partial charge is 0.278 e. The van der Waals surface area contributed by atoms with Crippen molar-refractivity contribution < 1.29 is 0 Å². The lowest BCUT2D eigenvalue weighted by Gasteiger charge is -2.01. The maximum Gasteiger partial charge on any atom is 0.278 e. The molecule has 0 saturated heterocycles. The first-order chi connectivity index (χ1) is 7.65. The smallest absolute Gasteiger partial charge is 0.267 e. The number of hydrogen-bond donors (Lipinski definition) is 1. The van der Waals surface area contributed by atoms with Gasteiger partial charge in [0.1, 0.15) is 0 Å². The molecule has 2 aromatic rings. The fourth-order valence-corrected chi connectivity index (χ4v) is 1.94. The summed E-state index contributed by atoms with van der Waals surface area (Å²) in [5, 5.41) is 6.42. The Bertz CT molecular complexity index is 549. The van der Waals surface area contributed by atoms with Crippen LogP contribution >= 0.6 is 31.9 Å². The summed E-state index contributed by atoms with van der Waals surface area (Å²) in [5.41, 5.74) is 1.77. The quantitative estimate of drug-likeness (QED) is 0.911. The zero-order chi connectivity index (χ0) is 11.5. The summed E-state index contributed by atoms with van der Waals surface area (Å²) in [6.07, 6.45) is 0.697. The Morgan fingerprint density at radius 1 is 1.19 bits per heavy atom. The Hall–Kier alpha value is -0.940. The normalized spacial score (nSPS) is 10.4. The molecule has 0 fully saturated rings. The highest BCUT2D eigenvalue weighted by Gasteiger charge is 2.01. The molecule has 0 bridgehead atoms. The zero-order valence-electron chi connectivity index (χ0n) is 8.21. The Kier molecular flexibility index (Phi) is 3.56. The van der Waals surface area contributed by atoms with E-state index in [0.717, 1.165) is 15.7 Å². The van der Waals surface area contributed by atoms with Gasteiger partial charge in [0.05, 0.1) is 10.2 Å². The van der Waals surface area contributed by atoms with Crippen molar-refractivity contribution >= 4 is 31.9 Å². The minimum atomic E-state index is -0.209. The SMILES string of the molecule is O=c1[nH]nc(Cc2ccc(Br)cc2)cc1Br.